The van der Waals surface area contributed by atoms with Crippen molar-refractivity contribution in [2.75, 3.05) is 13.7 Å². The molecule has 0 aromatic carbocycles. The van der Waals surface area contributed by atoms with Crippen molar-refractivity contribution < 1.29 is 23.5 Å². The molecule has 1 rings (SSSR count). The molecule has 0 unspecified atom stereocenters. The molecule has 0 N–H and O–H groups in total. The number of carbonyl (C=O) groups excluding carboxylic acids is 2. The summed E-state index contributed by atoms with van der Waals surface area (Å²) in [6, 6.07) is 3.62. The predicted molar refractivity (Wildman–Crippen MR) is 64.0 cm³/mol. The number of aryl methyl sites for hydroxylation is 2. The van der Waals surface area contributed by atoms with Gasteiger partial charge < -0.3 is 13.9 Å². The molecule has 5 nitrogen and oxygen atoms in total. The summed E-state index contributed by atoms with van der Waals surface area (Å²) >= 11 is 0. The van der Waals surface area contributed by atoms with E-state index in [0.29, 0.717) is 32.3 Å². The number of esters is 2. The predicted octanol–water partition coefficient (Wildman–Crippen LogP) is 1.88. The molecule has 0 bridgehead atoms. The fraction of sp³-hybridized carbons (Fsp3) is 0.538. The molecule has 0 aliphatic rings. The normalized spacial score (nSPS) is 10.1. The number of rotatable bonds is 7. The zero-order chi connectivity index (χ0) is 13.4. The number of carbonyl (C=O) groups is 2. The smallest absolute Gasteiger partial charge is 0.306 e. The van der Waals surface area contributed by atoms with Gasteiger partial charge in [-0.25, -0.2) is 0 Å². The number of methoxy groups -OCH3 is 1. The lowest BCUT2D eigenvalue weighted by Crippen LogP contribution is -2.04. The first kappa shape index (κ1) is 14.3. The average molecular weight is 254 g/mol. The van der Waals surface area contributed by atoms with Gasteiger partial charge >= 0.3 is 11.9 Å². The average Bonchev–Trinajstić information content (AvgIpc) is 2.82. The van der Waals surface area contributed by atoms with Gasteiger partial charge in [0.05, 0.1) is 26.6 Å². The van der Waals surface area contributed by atoms with Gasteiger partial charge in [0.2, 0.25) is 0 Å². The molecule has 0 saturated heterocycles. The lowest BCUT2D eigenvalue weighted by atomic mass is 10.2. The van der Waals surface area contributed by atoms with Crippen molar-refractivity contribution in [2.24, 2.45) is 0 Å². The Balaban J connectivity index is 2.34. The van der Waals surface area contributed by atoms with Crippen LogP contribution in [0.2, 0.25) is 0 Å². The maximum absolute atomic E-state index is 11.2. The number of furan rings is 1. The Morgan fingerprint density at radius 1 is 1.11 bits per heavy atom. The molecule has 0 aliphatic heterocycles. The quantitative estimate of drug-likeness (QED) is 0.695. The molecule has 0 fully saturated rings. The molecule has 0 radical (unpaired) electrons. The van der Waals surface area contributed by atoms with Crippen molar-refractivity contribution in [1.29, 1.82) is 0 Å². The summed E-state index contributed by atoms with van der Waals surface area (Å²) in [5.74, 6) is 0.951. The molecule has 0 saturated carbocycles. The van der Waals surface area contributed by atoms with Crippen molar-refractivity contribution in [3.8, 4) is 0 Å². The maximum atomic E-state index is 11.2. The Morgan fingerprint density at radius 3 is 2.17 bits per heavy atom. The molecule has 1 aromatic heterocycles. The number of hydrogen-bond donors (Lipinski definition) is 0. The van der Waals surface area contributed by atoms with Crippen molar-refractivity contribution in [2.45, 2.75) is 32.6 Å². The van der Waals surface area contributed by atoms with Crippen molar-refractivity contribution in [1.82, 2.24) is 0 Å². The molecule has 1 aromatic rings. The second-order valence-corrected chi connectivity index (χ2v) is 3.75. The first-order valence-corrected chi connectivity index (χ1v) is 5.95. The van der Waals surface area contributed by atoms with Gasteiger partial charge in [0.1, 0.15) is 11.5 Å². The van der Waals surface area contributed by atoms with E-state index in [-0.39, 0.29) is 11.9 Å². The van der Waals surface area contributed by atoms with E-state index >= 15 is 0 Å². The van der Waals surface area contributed by atoms with E-state index in [0.717, 1.165) is 11.5 Å². The second-order valence-electron chi connectivity index (χ2n) is 3.75. The van der Waals surface area contributed by atoms with Gasteiger partial charge in [0.25, 0.3) is 0 Å². The van der Waals surface area contributed by atoms with Crippen LogP contribution >= 0.6 is 0 Å². The Hall–Kier alpha value is -1.78. The molecule has 5 heteroatoms. The molecule has 1 heterocycles. The Kier molecular flexibility index (Phi) is 5.97. The minimum Gasteiger partial charge on any atom is -0.469 e. The van der Waals surface area contributed by atoms with E-state index in [1.54, 1.807) is 6.92 Å². The minimum absolute atomic E-state index is 0.231. The molecule has 18 heavy (non-hydrogen) atoms. The number of ether oxygens (including phenoxy) is 2. The highest BCUT2D eigenvalue weighted by atomic mass is 16.5. The van der Waals surface area contributed by atoms with Gasteiger partial charge in [-0.05, 0) is 19.1 Å². The van der Waals surface area contributed by atoms with E-state index < -0.39 is 0 Å². The zero-order valence-electron chi connectivity index (χ0n) is 10.7. The summed E-state index contributed by atoms with van der Waals surface area (Å²) in [5.41, 5.74) is 0. The lowest BCUT2D eigenvalue weighted by molar-refractivity contribution is -0.143. The van der Waals surface area contributed by atoms with Gasteiger partial charge in [0, 0.05) is 12.8 Å². The van der Waals surface area contributed by atoms with Gasteiger partial charge in [-0.15, -0.1) is 0 Å². The molecule has 100 valence electrons. The third-order valence-corrected chi connectivity index (χ3v) is 2.40. The van der Waals surface area contributed by atoms with Crippen LogP contribution in [-0.4, -0.2) is 25.7 Å². The lowest BCUT2D eigenvalue weighted by Gasteiger charge is -2.00. The van der Waals surface area contributed by atoms with E-state index in [9.17, 15) is 9.59 Å². The van der Waals surface area contributed by atoms with E-state index in [2.05, 4.69) is 4.74 Å². The van der Waals surface area contributed by atoms with Crippen molar-refractivity contribution in [3.05, 3.63) is 23.7 Å². The molecule has 0 atom stereocenters. The molecule has 0 aliphatic carbocycles. The zero-order valence-corrected chi connectivity index (χ0v) is 10.7. The van der Waals surface area contributed by atoms with Crippen LogP contribution in [0.15, 0.2) is 16.5 Å². The molecular weight excluding hydrogens is 236 g/mol. The monoisotopic (exact) mass is 254 g/mol. The first-order chi connectivity index (χ1) is 8.65. The van der Waals surface area contributed by atoms with Crippen LogP contribution < -0.4 is 0 Å². The third-order valence-electron chi connectivity index (χ3n) is 2.40. The van der Waals surface area contributed by atoms with Crippen molar-refractivity contribution in [3.63, 3.8) is 0 Å². The van der Waals surface area contributed by atoms with Crippen LogP contribution in [0.3, 0.4) is 0 Å². The Morgan fingerprint density at radius 2 is 1.67 bits per heavy atom. The molecule has 0 spiro atoms. The van der Waals surface area contributed by atoms with Crippen LogP contribution in [0.4, 0.5) is 0 Å². The fourth-order valence-electron chi connectivity index (χ4n) is 1.48. The van der Waals surface area contributed by atoms with Gasteiger partial charge in [-0.2, -0.15) is 0 Å². The fourth-order valence-corrected chi connectivity index (χ4v) is 1.48. The Labute approximate surface area is 106 Å². The topological polar surface area (TPSA) is 65.7 Å². The second kappa shape index (κ2) is 7.53. The highest BCUT2D eigenvalue weighted by molar-refractivity contribution is 5.69. The summed E-state index contributed by atoms with van der Waals surface area (Å²) < 4.78 is 14.9. The largest absolute Gasteiger partial charge is 0.469 e. The van der Waals surface area contributed by atoms with E-state index in [4.69, 9.17) is 9.15 Å². The summed E-state index contributed by atoms with van der Waals surface area (Å²) in [6.07, 6.45) is 1.61. The van der Waals surface area contributed by atoms with Crippen LogP contribution in [0.1, 0.15) is 31.3 Å². The summed E-state index contributed by atoms with van der Waals surface area (Å²) in [4.78, 5) is 22.1. The van der Waals surface area contributed by atoms with Crippen LogP contribution in [0.5, 0.6) is 0 Å². The first-order valence-electron chi connectivity index (χ1n) is 5.95. The van der Waals surface area contributed by atoms with Crippen LogP contribution in [-0.2, 0) is 31.9 Å². The maximum Gasteiger partial charge on any atom is 0.306 e. The van der Waals surface area contributed by atoms with Gasteiger partial charge in [0.15, 0.2) is 0 Å². The van der Waals surface area contributed by atoms with E-state index in [1.807, 2.05) is 12.1 Å². The third kappa shape index (κ3) is 5.03. The van der Waals surface area contributed by atoms with Crippen LogP contribution in [0.25, 0.3) is 0 Å². The number of hydrogen-bond acceptors (Lipinski definition) is 5. The van der Waals surface area contributed by atoms with Crippen LogP contribution in [0, 0.1) is 0 Å². The Bertz CT molecular complexity index is 394. The van der Waals surface area contributed by atoms with Gasteiger partial charge in [-0.1, -0.05) is 0 Å². The molecular formula is C13H18O5. The molecule has 0 amide bonds. The summed E-state index contributed by atoms with van der Waals surface area (Å²) in [7, 11) is 1.36. The van der Waals surface area contributed by atoms with Gasteiger partial charge in [-0.3, -0.25) is 9.59 Å². The highest BCUT2D eigenvalue weighted by Gasteiger charge is 2.08. The van der Waals surface area contributed by atoms with Crippen molar-refractivity contribution >= 4 is 11.9 Å². The minimum atomic E-state index is -0.264. The van der Waals surface area contributed by atoms with E-state index in [1.165, 1.54) is 7.11 Å². The summed E-state index contributed by atoms with van der Waals surface area (Å²) in [6.45, 7) is 2.16. The SMILES string of the molecule is CCOC(=O)CCc1ccc(CCC(=O)OC)o1. The standard InChI is InChI=1S/C13H18O5/c1-3-17-13(15)9-7-11-5-4-10(18-11)6-8-12(14)16-2/h4-5H,3,6-9H2,1-2H3. The summed E-state index contributed by atoms with van der Waals surface area (Å²) in [5, 5.41) is 0. The highest BCUT2D eigenvalue weighted by Crippen LogP contribution is 2.12.